The van der Waals surface area contributed by atoms with Crippen molar-refractivity contribution in [3.8, 4) is 23.7 Å². The Morgan fingerprint density at radius 2 is 0.825 bits per heavy atom. The lowest BCUT2D eigenvalue weighted by atomic mass is 9.79. The number of hydrogen-bond acceptors (Lipinski definition) is 4. The molecule has 0 amide bonds. The topological polar surface area (TPSA) is 36.9 Å². The fourth-order valence-corrected chi connectivity index (χ4v) is 4.90. The second-order valence-corrected chi connectivity index (χ2v) is 12.6. The Hall–Kier alpha value is -3.12. The number of rotatable bonds is 2. The SMILES string of the molecule is CC(C)(C)c1ccc(C#CC2=C(C3OCCCO3)C(C#Cc3ccc(C(C)(C)C)cc3)=C2C2OCCCO2)cc1. The van der Waals surface area contributed by atoms with Crippen LogP contribution in [0.15, 0.2) is 70.8 Å². The van der Waals surface area contributed by atoms with Crippen molar-refractivity contribution in [2.45, 2.75) is 77.8 Å². The summed E-state index contributed by atoms with van der Waals surface area (Å²) in [7, 11) is 0. The van der Waals surface area contributed by atoms with E-state index >= 15 is 0 Å². The molecule has 2 aromatic carbocycles. The van der Waals surface area contributed by atoms with Crippen molar-refractivity contribution < 1.29 is 18.9 Å². The van der Waals surface area contributed by atoms with Crippen LogP contribution in [0.2, 0.25) is 0 Å². The molecule has 2 heterocycles. The second kappa shape index (κ2) is 11.8. The van der Waals surface area contributed by atoms with E-state index in [1.54, 1.807) is 0 Å². The summed E-state index contributed by atoms with van der Waals surface area (Å²) in [5.41, 5.74) is 8.15. The number of hydrogen-bond donors (Lipinski definition) is 0. The molecule has 0 N–H and O–H groups in total. The lowest BCUT2D eigenvalue weighted by Gasteiger charge is -2.37. The van der Waals surface area contributed by atoms with Gasteiger partial charge in [-0.25, -0.2) is 0 Å². The van der Waals surface area contributed by atoms with Crippen molar-refractivity contribution >= 4 is 0 Å². The van der Waals surface area contributed by atoms with E-state index in [1.807, 2.05) is 0 Å². The number of benzene rings is 2. The molecular formula is C36H40O4. The maximum atomic E-state index is 6.06. The van der Waals surface area contributed by atoms with Gasteiger partial charge in [0.05, 0.1) is 26.4 Å². The molecule has 0 saturated carbocycles. The van der Waals surface area contributed by atoms with Gasteiger partial charge in [-0.1, -0.05) is 89.5 Å². The van der Waals surface area contributed by atoms with Gasteiger partial charge in [0.2, 0.25) is 0 Å². The maximum absolute atomic E-state index is 6.06. The molecule has 0 unspecified atom stereocenters. The summed E-state index contributed by atoms with van der Waals surface area (Å²) in [6.45, 7) is 15.9. The minimum Gasteiger partial charge on any atom is -0.348 e. The predicted octanol–water partition coefficient (Wildman–Crippen LogP) is 6.82. The van der Waals surface area contributed by atoms with Gasteiger partial charge in [-0.15, -0.1) is 0 Å². The van der Waals surface area contributed by atoms with Crippen molar-refractivity contribution in [1.82, 2.24) is 0 Å². The minimum atomic E-state index is -0.499. The molecule has 0 bridgehead atoms. The van der Waals surface area contributed by atoms with Gasteiger partial charge >= 0.3 is 0 Å². The van der Waals surface area contributed by atoms with E-state index in [-0.39, 0.29) is 10.8 Å². The third kappa shape index (κ3) is 6.43. The Morgan fingerprint density at radius 1 is 0.500 bits per heavy atom. The van der Waals surface area contributed by atoms with Crippen LogP contribution in [0.5, 0.6) is 0 Å². The lowest BCUT2D eigenvalue weighted by molar-refractivity contribution is -0.162. The number of ether oxygens (including phenoxy) is 4. The van der Waals surface area contributed by atoms with Crippen LogP contribution in [0.25, 0.3) is 0 Å². The zero-order valence-electron chi connectivity index (χ0n) is 24.6. The average Bonchev–Trinajstić information content (AvgIpc) is 2.93. The van der Waals surface area contributed by atoms with Crippen LogP contribution >= 0.6 is 0 Å². The van der Waals surface area contributed by atoms with Gasteiger partial charge in [-0.3, -0.25) is 0 Å². The van der Waals surface area contributed by atoms with E-state index in [9.17, 15) is 0 Å². The summed E-state index contributed by atoms with van der Waals surface area (Å²) >= 11 is 0. The van der Waals surface area contributed by atoms with E-state index in [1.165, 1.54) is 11.1 Å². The van der Waals surface area contributed by atoms with Crippen molar-refractivity contribution in [3.05, 3.63) is 93.1 Å². The molecule has 4 nitrogen and oxygen atoms in total. The lowest BCUT2D eigenvalue weighted by Crippen LogP contribution is -2.37. The largest absolute Gasteiger partial charge is 0.348 e. The Kier molecular flexibility index (Phi) is 8.37. The van der Waals surface area contributed by atoms with Gasteiger partial charge in [0.25, 0.3) is 0 Å². The van der Waals surface area contributed by atoms with Crippen LogP contribution in [0.1, 0.15) is 76.6 Å². The van der Waals surface area contributed by atoms with E-state index in [0.717, 1.165) is 46.3 Å². The van der Waals surface area contributed by atoms with Crippen molar-refractivity contribution in [1.29, 1.82) is 0 Å². The molecule has 1 aliphatic carbocycles. The molecule has 0 atom stereocenters. The monoisotopic (exact) mass is 536 g/mol. The molecule has 0 spiro atoms. The first kappa shape index (κ1) is 28.4. The molecule has 40 heavy (non-hydrogen) atoms. The molecular weight excluding hydrogens is 496 g/mol. The summed E-state index contributed by atoms with van der Waals surface area (Å²) < 4.78 is 24.2. The average molecular weight is 537 g/mol. The van der Waals surface area contributed by atoms with Crippen LogP contribution in [-0.4, -0.2) is 39.0 Å². The highest BCUT2D eigenvalue weighted by Crippen LogP contribution is 2.42. The molecule has 2 aliphatic heterocycles. The van der Waals surface area contributed by atoms with Gasteiger partial charge in [-0.05, 0) is 59.1 Å². The fraction of sp³-hybridized carbons (Fsp3) is 0.444. The molecule has 3 aliphatic rings. The minimum absolute atomic E-state index is 0.0947. The summed E-state index contributed by atoms with van der Waals surface area (Å²) in [6, 6.07) is 16.9. The standard InChI is InChI=1S/C36H40O4/c1-35(2,3)27-15-9-25(10-16-27)13-19-29-31(33-37-21-7-22-38-33)30(32(29)34-39-23-8-24-40-34)20-14-26-11-17-28(18-12-26)36(4,5)6/h9-12,15-18,33-34H,7-8,21-24H2,1-6H3. The second-order valence-electron chi connectivity index (χ2n) is 12.6. The van der Waals surface area contributed by atoms with Gasteiger partial charge in [0.1, 0.15) is 0 Å². The third-order valence-corrected chi connectivity index (χ3v) is 7.37. The summed E-state index contributed by atoms with van der Waals surface area (Å²) in [6.07, 6.45) is 0.747. The van der Waals surface area contributed by atoms with Crippen LogP contribution in [0, 0.1) is 23.7 Å². The fourth-order valence-electron chi connectivity index (χ4n) is 4.90. The van der Waals surface area contributed by atoms with Crippen LogP contribution in [0.4, 0.5) is 0 Å². The van der Waals surface area contributed by atoms with Crippen LogP contribution < -0.4 is 0 Å². The van der Waals surface area contributed by atoms with E-state index in [0.29, 0.717) is 26.4 Å². The van der Waals surface area contributed by atoms with E-state index in [2.05, 4.69) is 114 Å². The van der Waals surface area contributed by atoms with E-state index in [4.69, 9.17) is 18.9 Å². The molecule has 0 aromatic heterocycles. The first-order valence-electron chi connectivity index (χ1n) is 14.3. The van der Waals surface area contributed by atoms with Crippen LogP contribution in [-0.2, 0) is 29.8 Å². The first-order chi connectivity index (χ1) is 19.1. The molecule has 2 saturated heterocycles. The maximum Gasteiger partial charge on any atom is 0.186 e. The summed E-state index contributed by atoms with van der Waals surface area (Å²) in [4.78, 5) is 0. The van der Waals surface area contributed by atoms with Crippen molar-refractivity contribution in [2.24, 2.45) is 0 Å². The zero-order chi connectivity index (χ0) is 28.3. The molecule has 0 radical (unpaired) electrons. The molecule has 4 heteroatoms. The highest BCUT2D eigenvalue weighted by molar-refractivity contribution is 5.75. The molecule has 2 fully saturated rings. The third-order valence-electron chi connectivity index (χ3n) is 7.37. The zero-order valence-corrected chi connectivity index (χ0v) is 24.6. The van der Waals surface area contributed by atoms with Gasteiger partial charge < -0.3 is 18.9 Å². The molecule has 5 rings (SSSR count). The first-order valence-corrected chi connectivity index (χ1v) is 14.3. The highest BCUT2D eigenvalue weighted by atomic mass is 16.7. The van der Waals surface area contributed by atoms with Crippen molar-refractivity contribution in [3.63, 3.8) is 0 Å². The Bertz CT molecular complexity index is 1270. The quantitative estimate of drug-likeness (QED) is 0.395. The predicted molar refractivity (Wildman–Crippen MR) is 159 cm³/mol. The van der Waals surface area contributed by atoms with E-state index < -0.39 is 12.6 Å². The Balaban J connectivity index is 1.52. The normalized spacial score (nSPS) is 18.9. The summed E-state index contributed by atoms with van der Waals surface area (Å²) in [5.74, 6) is 13.6. The smallest absolute Gasteiger partial charge is 0.186 e. The van der Waals surface area contributed by atoms with Gasteiger partial charge in [-0.2, -0.15) is 0 Å². The van der Waals surface area contributed by atoms with Crippen LogP contribution in [0.3, 0.4) is 0 Å². The molecule has 208 valence electrons. The van der Waals surface area contributed by atoms with Gasteiger partial charge in [0, 0.05) is 33.4 Å². The Labute approximate surface area is 239 Å². The highest BCUT2D eigenvalue weighted by Gasteiger charge is 2.40. The molecule has 2 aromatic rings. The van der Waals surface area contributed by atoms with Crippen molar-refractivity contribution in [2.75, 3.05) is 26.4 Å². The summed E-state index contributed by atoms with van der Waals surface area (Å²) in [5, 5.41) is 0. The van der Waals surface area contributed by atoms with Gasteiger partial charge in [0.15, 0.2) is 12.6 Å². The Morgan fingerprint density at radius 3 is 1.12 bits per heavy atom.